The fraction of sp³-hybridized carbons (Fsp3) is 0.152. The molecule has 1 amide bonds. The third-order valence-corrected chi connectivity index (χ3v) is 7.04. The molecular weight excluding hydrogens is 580 g/mol. The molecule has 3 aromatic carbocycles. The molecule has 45 heavy (non-hydrogen) atoms. The minimum absolute atomic E-state index is 0.0259. The summed E-state index contributed by atoms with van der Waals surface area (Å²) in [6.07, 6.45) is 1.27. The topological polar surface area (TPSA) is 140 Å². The van der Waals surface area contributed by atoms with Gasteiger partial charge in [0.15, 0.2) is 17.3 Å². The summed E-state index contributed by atoms with van der Waals surface area (Å²) in [7, 11) is 0. The number of fused-ring (bicyclic) bond motifs is 1. The van der Waals surface area contributed by atoms with Crippen LogP contribution in [0.1, 0.15) is 38.8 Å². The Morgan fingerprint density at radius 1 is 0.933 bits per heavy atom. The maximum Gasteiger partial charge on any atom is 0.307 e. The van der Waals surface area contributed by atoms with Gasteiger partial charge in [-0.25, -0.2) is 5.43 Å². The molecule has 0 radical (unpaired) electrons. The molecule has 0 aliphatic carbocycles. The molecule has 0 spiro atoms. The zero-order valence-electron chi connectivity index (χ0n) is 24.4. The lowest BCUT2D eigenvalue weighted by Gasteiger charge is -2.10. The van der Waals surface area contributed by atoms with E-state index in [1.807, 2.05) is 30.3 Å². The molecule has 228 valence electrons. The van der Waals surface area contributed by atoms with Crippen molar-refractivity contribution in [1.29, 1.82) is 0 Å². The van der Waals surface area contributed by atoms with Gasteiger partial charge in [-0.15, -0.1) is 0 Å². The van der Waals surface area contributed by atoms with Gasteiger partial charge in [0.25, 0.3) is 5.69 Å². The lowest BCUT2D eigenvalue weighted by Crippen LogP contribution is -2.17. The van der Waals surface area contributed by atoms with Crippen LogP contribution in [0.5, 0.6) is 23.0 Å². The van der Waals surface area contributed by atoms with Crippen molar-refractivity contribution in [2.75, 3.05) is 6.79 Å². The lowest BCUT2D eigenvalue weighted by atomic mass is 10.2. The first-order valence-corrected chi connectivity index (χ1v) is 13.9. The number of ether oxygens (including phenoxy) is 4. The molecule has 1 aliphatic rings. The Morgan fingerprint density at radius 3 is 2.49 bits per heavy atom. The minimum atomic E-state index is -0.604. The number of aryl methyl sites for hydroxylation is 2. The van der Waals surface area contributed by atoms with Gasteiger partial charge in [0.05, 0.1) is 11.1 Å². The molecule has 0 saturated carbocycles. The Kier molecular flexibility index (Phi) is 8.18. The summed E-state index contributed by atoms with van der Waals surface area (Å²) in [6, 6.07) is 24.5. The van der Waals surface area contributed by atoms with Crippen molar-refractivity contribution in [2.24, 2.45) is 5.10 Å². The highest BCUT2D eigenvalue weighted by atomic mass is 16.7. The largest absolute Gasteiger partial charge is 0.488 e. The molecule has 12 heteroatoms. The number of carbonyl (C=O) groups is 1. The molecule has 6 rings (SSSR count). The SMILES string of the molecule is Cc1ccc(C)n1-c1ccc(OCc2ccc(C(=O)N/N=C/c3cc([N+](=O)[O-])ccc3OCc3ccc4c(c3)OCO4)o2)cc1. The van der Waals surface area contributed by atoms with E-state index < -0.39 is 10.8 Å². The number of benzene rings is 3. The van der Waals surface area contributed by atoms with Crippen LogP contribution in [0, 0.1) is 24.0 Å². The summed E-state index contributed by atoms with van der Waals surface area (Å²) < 4.78 is 30.2. The predicted molar refractivity (Wildman–Crippen MR) is 163 cm³/mol. The van der Waals surface area contributed by atoms with E-state index in [9.17, 15) is 14.9 Å². The first kappa shape index (κ1) is 29.1. The van der Waals surface area contributed by atoms with E-state index in [2.05, 4.69) is 41.1 Å². The number of nitro groups is 1. The van der Waals surface area contributed by atoms with Crippen LogP contribution < -0.4 is 24.4 Å². The van der Waals surface area contributed by atoms with E-state index in [1.165, 1.54) is 30.5 Å². The van der Waals surface area contributed by atoms with Crippen LogP contribution in [0.2, 0.25) is 0 Å². The molecule has 0 fully saturated rings. The van der Waals surface area contributed by atoms with Crippen molar-refractivity contribution < 1.29 is 33.1 Å². The smallest absolute Gasteiger partial charge is 0.307 e. The number of hydrogen-bond acceptors (Lipinski definition) is 9. The van der Waals surface area contributed by atoms with Gasteiger partial charge in [-0.05, 0) is 86.1 Å². The molecule has 0 atom stereocenters. The summed E-state index contributed by atoms with van der Waals surface area (Å²) >= 11 is 0. The Bertz CT molecular complexity index is 1870. The summed E-state index contributed by atoms with van der Waals surface area (Å²) in [5.41, 5.74) is 6.65. The molecule has 0 bridgehead atoms. The number of hydrogen-bond donors (Lipinski definition) is 1. The quantitative estimate of drug-likeness (QED) is 0.106. The van der Waals surface area contributed by atoms with Gasteiger partial charge in [-0.3, -0.25) is 14.9 Å². The number of aromatic nitrogens is 1. The van der Waals surface area contributed by atoms with Gasteiger partial charge in [0, 0.05) is 34.8 Å². The second-order valence-electron chi connectivity index (χ2n) is 10.2. The zero-order valence-corrected chi connectivity index (χ0v) is 24.4. The molecule has 12 nitrogen and oxygen atoms in total. The highest BCUT2D eigenvalue weighted by Gasteiger charge is 2.16. The summed E-state index contributed by atoms with van der Waals surface area (Å²) in [4.78, 5) is 23.5. The fourth-order valence-corrected chi connectivity index (χ4v) is 4.79. The van der Waals surface area contributed by atoms with Crippen LogP contribution in [0.15, 0.2) is 94.4 Å². The van der Waals surface area contributed by atoms with Gasteiger partial charge in [0.1, 0.15) is 30.5 Å². The van der Waals surface area contributed by atoms with Crippen molar-refractivity contribution >= 4 is 17.8 Å². The van der Waals surface area contributed by atoms with Crippen LogP contribution in [0.25, 0.3) is 5.69 Å². The zero-order chi connectivity index (χ0) is 31.3. The first-order chi connectivity index (χ1) is 21.8. The standard InChI is InChI=1S/C33H28N4O8/c1-21-3-4-22(2)36(21)25-6-9-27(10-7-25)41-19-28-11-14-31(45-28)33(38)35-34-17-24-16-26(37(39)40)8-13-29(24)42-18-23-5-12-30-32(15-23)44-20-43-30/h3-17H,18-20H2,1-2H3,(H,35,38)/b34-17+. The Balaban J connectivity index is 1.06. The molecular formula is C33H28N4O8. The number of hydrazone groups is 1. The lowest BCUT2D eigenvalue weighted by molar-refractivity contribution is -0.384. The van der Waals surface area contributed by atoms with Crippen molar-refractivity contribution in [3.63, 3.8) is 0 Å². The van der Waals surface area contributed by atoms with E-state index in [-0.39, 0.29) is 31.5 Å². The van der Waals surface area contributed by atoms with E-state index in [0.717, 1.165) is 22.6 Å². The second kappa shape index (κ2) is 12.7. The van der Waals surface area contributed by atoms with E-state index in [4.69, 9.17) is 23.4 Å². The van der Waals surface area contributed by atoms with Crippen LogP contribution in [-0.4, -0.2) is 28.4 Å². The molecule has 2 aromatic heterocycles. The van der Waals surface area contributed by atoms with Gasteiger partial charge in [-0.2, -0.15) is 5.10 Å². The third kappa shape index (κ3) is 6.64. The average molecular weight is 609 g/mol. The van der Waals surface area contributed by atoms with Gasteiger partial charge in [-0.1, -0.05) is 6.07 Å². The Morgan fingerprint density at radius 2 is 1.71 bits per heavy atom. The van der Waals surface area contributed by atoms with Crippen molar-refractivity contribution in [3.05, 3.63) is 129 Å². The van der Waals surface area contributed by atoms with Gasteiger partial charge < -0.3 is 27.9 Å². The van der Waals surface area contributed by atoms with E-state index in [1.54, 1.807) is 18.2 Å². The minimum Gasteiger partial charge on any atom is -0.488 e. The molecule has 0 unspecified atom stereocenters. The Labute approximate surface area is 257 Å². The predicted octanol–water partition coefficient (Wildman–Crippen LogP) is 6.25. The molecule has 0 saturated heterocycles. The highest BCUT2D eigenvalue weighted by Crippen LogP contribution is 2.33. The normalized spacial score (nSPS) is 12.0. The number of non-ortho nitro benzene ring substituents is 1. The number of nitro benzene ring substituents is 1. The summed E-state index contributed by atoms with van der Waals surface area (Å²) in [5, 5.41) is 15.3. The average Bonchev–Trinajstić information content (AvgIpc) is 3.79. The van der Waals surface area contributed by atoms with Crippen LogP contribution in [-0.2, 0) is 13.2 Å². The number of amides is 1. The Hall–Kier alpha value is -6.04. The van der Waals surface area contributed by atoms with E-state index in [0.29, 0.717) is 34.3 Å². The monoisotopic (exact) mass is 608 g/mol. The third-order valence-electron chi connectivity index (χ3n) is 7.04. The summed E-state index contributed by atoms with van der Waals surface area (Å²) in [5.74, 6) is 2.12. The fourth-order valence-electron chi connectivity index (χ4n) is 4.79. The van der Waals surface area contributed by atoms with Gasteiger partial charge in [0.2, 0.25) is 6.79 Å². The molecule has 1 N–H and O–H groups in total. The highest BCUT2D eigenvalue weighted by molar-refractivity contribution is 5.93. The molecule has 1 aliphatic heterocycles. The summed E-state index contributed by atoms with van der Waals surface area (Å²) in [6.45, 7) is 4.55. The second-order valence-corrected chi connectivity index (χ2v) is 10.2. The first-order valence-electron chi connectivity index (χ1n) is 13.9. The van der Waals surface area contributed by atoms with Crippen LogP contribution in [0.4, 0.5) is 5.69 Å². The molecule has 3 heterocycles. The van der Waals surface area contributed by atoms with Crippen molar-refractivity contribution in [3.8, 4) is 28.7 Å². The number of nitrogens with zero attached hydrogens (tertiary/aromatic N) is 3. The van der Waals surface area contributed by atoms with Crippen molar-refractivity contribution in [2.45, 2.75) is 27.1 Å². The maximum absolute atomic E-state index is 12.7. The van der Waals surface area contributed by atoms with Crippen molar-refractivity contribution in [1.82, 2.24) is 9.99 Å². The number of carbonyl (C=O) groups excluding carboxylic acids is 1. The molecule has 5 aromatic rings. The number of furan rings is 1. The maximum atomic E-state index is 12.7. The van der Waals surface area contributed by atoms with Crippen LogP contribution >= 0.6 is 0 Å². The number of rotatable bonds is 11. The number of nitrogens with one attached hydrogen (secondary N) is 1. The van der Waals surface area contributed by atoms with Crippen LogP contribution in [0.3, 0.4) is 0 Å². The van der Waals surface area contributed by atoms with E-state index >= 15 is 0 Å². The van der Waals surface area contributed by atoms with Gasteiger partial charge >= 0.3 is 5.91 Å².